The molecule has 1 unspecified atom stereocenters. The summed E-state index contributed by atoms with van der Waals surface area (Å²) in [6.07, 6.45) is 7.09. The first-order valence-electron chi connectivity index (χ1n) is 6.80. The highest BCUT2D eigenvalue weighted by molar-refractivity contribution is 7.17. The third-order valence-corrected chi connectivity index (χ3v) is 4.97. The van der Waals surface area contributed by atoms with Gasteiger partial charge in [-0.25, -0.2) is 4.98 Å². The van der Waals surface area contributed by atoms with Gasteiger partial charge in [0.25, 0.3) is 0 Å². The van der Waals surface area contributed by atoms with Crippen LogP contribution in [-0.2, 0) is 6.54 Å². The molecule has 0 aromatic carbocycles. The number of thiazole rings is 1. The summed E-state index contributed by atoms with van der Waals surface area (Å²) in [6.45, 7) is 2.75. The molecule has 7 heteroatoms. The van der Waals surface area contributed by atoms with Gasteiger partial charge < -0.3 is 5.11 Å². The summed E-state index contributed by atoms with van der Waals surface area (Å²) in [5, 5.41) is 18.8. The van der Waals surface area contributed by atoms with Gasteiger partial charge in [-0.2, -0.15) is 0 Å². The number of hydrogen-bond acceptors (Lipinski definition) is 5. The van der Waals surface area contributed by atoms with Crippen LogP contribution in [0.4, 0.5) is 0 Å². The smallest absolute Gasteiger partial charge is 0.141 e. The van der Waals surface area contributed by atoms with Crippen LogP contribution in [-0.4, -0.2) is 29.5 Å². The Bertz CT molecular complexity index is 754. The molecule has 0 spiro atoms. The highest BCUT2D eigenvalue weighted by Gasteiger charge is 2.33. The standard InChI is InChI=1S/C13H15N5OS/c1-2-17-6-9(15-16-17)12(19)11-13(8-3-4-8)20-10-5-14-7-18(10)11/h5-8,12,19H,2-4H2,1H3. The third-order valence-electron chi connectivity index (χ3n) is 3.70. The minimum absolute atomic E-state index is 0.589. The Balaban J connectivity index is 1.82. The molecule has 4 rings (SSSR count). The van der Waals surface area contributed by atoms with Crippen LogP contribution in [0.2, 0.25) is 0 Å². The van der Waals surface area contributed by atoms with Crippen molar-refractivity contribution in [2.75, 3.05) is 0 Å². The van der Waals surface area contributed by atoms with Gasteiger partial charge in [-0.3, -0.25) is 9.08 Å². The predicted molar refractivity (Wildman–Crippen MR) is 74.8 cm³/mol. The summed E-state index contributed by atoms with van der Waals surface area (Å²) in [4.78, 5) is 6.50. The molecule has 1 aliphatic rings. The Labute approximate surface area is 119 Å². The number of aliphatic hydroxyl groups is 1. The molecule has 3 aromatic heterocycles. The van der Waals surface area contributed by atoms with Gasteiger partial charge in [0.2, 0.25) is 0 Å². The molecule has 3 aromatic rings. The van der Waals surface area contributed by atoms with Crippen molar-refractivity contribution in [3.8, 4) is 0 Å². The van der Waals surface area contributed by atoms with Crippen LogP contribution in [0.3, 0.4) is 0 Å². The lowest BCUT2D eigenvalue weighted by Gasteiger charge is -2.09. The Morgan fingerprint density at radius 1 is 1.50 bits per heavy atom. The summed E-state index contributed by atoms with van der Waals surface area (Å²) >= 11 is 1.72. The summed E-state index contributed by atoms with van der Waals surface area (Å²) in [5.41, 5.74) is 1.51. The molecular formula is C13H15N5OS. The topological polar surface area (TPSA) is 68.2 Å². The predicted octanol–water partition coefficient (Wildman–Crippen LogP) is 1.97. The average molecular weight is 289 g/mol. The van der Waals surface area contributed by atoms with E-state index in [0.29, 0.717) is 11.6 Å². The van der Waals surface area contributed by atoms with Crippen molar-refractivity contribution >= 4 is 16.2 Å². The molecule has 1 N–H and O–H groups in total. The van der Waals surface area contributed by atoms with Gasteiger partial charge in [-0.1, -0.05) is 5.21 Å². The Morgan fingerprint density at radius 3 is 3.05 bits per heavy atom. The van der Waals surface area contributed by atoms with Gasteiger partial charge in [0.05, 0.1) is 18.1 Å². The molecule has 20 heavy (non-hydrogen) atoms. The minimum atomic E-state index is -0.742. The van der Waals surface area contributed by atoms with Crippen molar-refractivity contribution in [3.05, 3.63) is 35.0 Å². The molecule has 0 bridgehead atoms. The second-order valence-corrected chi connectivity index (χ2v) is 6.19. The van der Waals surface area contributed by atoms with Crippen molar-refractivity contribution in [1.82, 2.24) is 24.4 Å². The average Bonchev–Trinajstić information content (AvgIpc) is 2.91. The van der Waals surface area contributed by atoms with Crippen molar-refractivity contribution in [2.45, 2.75) is 38.3 Å². The number of nitrogens with zero attached hydrogens (tertiary/aromatic N) is 5. The van der Waals surface area contributed by atoms with Gasteiger partial charge >= 0.3 is 0 Å². The molecule has 0 aliphatic heterocycles. The number of aryl methyl sites for hydroxylation is 1. The fourth-order valence-corrected chi connectivity index (χ4v) is 3.76. The maximum atomic E-state index is 10.7. The zero-order chi connectivity index (χ0) is 13.7. The number of fused-ring (bicyclic) bond motifs is 1. The molecule has 0 saturated heterocycles. The van der Waals surface area contributed by atoms with Gasteiger partial charge in [0.1, 0.15) is 23.0 Å². The molecule has 1 saturated carbocycles. The van der Waals surface area contributed by atoms with Crippen LogP contribution in [0.25, 0.3) is 4.83 Å². The second-order valence-electron chi connectivity index (χ2n) is 5.13. The normalized spacial score (nSPS) is 16.9. The fraction of sp³-hybridized carbons (Fsp3) is 0.462. The van der Waals surface area contributed by atoms with Crippen LogP contribution in [0, 0.1) is 0 Å². The molecule has 0 radical (unpaired) electrons. The van der Waals surface area contributed by atoms with E-state index in [1.165, 1.54) is 17.7 Å². The van der Waals surface area contributed by atoms with Gasteiger partial charge in [-0.05, 0) is 25.7 Å². The van der Waals surface area contributed by atoms with Crippen LogP contribution in [0.1, 0.15) is 48.1 Å². The molecule has 1 atom stereocenters. The van der Waals surface area contributed by atoms with Crippen molar-refractivity contribution < 1.29 is 5.11 Å². The van der Waals surface area contributed by atoms with Gasteiger partial charge in [0, 0.05) is 11.4 Å². The maximum Gasteiger partial charge on any atom is 0.141 e. The zero-order valence-electron chi connectivity index (χ0n) is 11.1. The molecule has 0 amide bonds. The first kappa shape index (κ1) is 12.0. The number of hydrogen-bond donors (Lipinski definition) is 1. The Kier molecular flexibility index (Phi) is 2.64. The first-order valence-corrected chi connectivity index (χ1v) is 7.62. The lowest BCUT2D eigenvalue weighted by Crippen LogP contribution is -2.06. The summed E-state index contributed by atoms with van der Waals surface area (Å²) in [5.74, 6) is 0.589. The van der Waals surface area contributed by atoms with E-state index in [0.717, 1.165) is 17.1 Å². The second kappa shape index (κ2) is 4.39. The van der Waals surface area contributed by atoms with Crippen LogP contribution >= 0.6 is 11.3 Å². The highest BCUT2D eigenvalue weighted by atomic mass is 32.1. The van der Waals surface area contributed by atoms with E-state index in [1.807, 2.05) is 23.7 Å². The summed E-state index contributed by atoms with van der Waals surface area (Å²) in [7, 11) is 0. The van der Waals surface area contributed by atoms with Crippen molar-refractivity contribution in [3.63, 3.8) is 0 Å². The summed E-state index contributed by atoms with van der Waals surface area (Å²) < 4.78 is 3.71. The Morgan fingerprint density at radius 2 is 2.35 bits per heavy atom. The quantitative estimate of drug-likeness (QED) is 0.797. The molecule has 1 fully saturated rings. The number of rotatable bonds is 4. The molecular weight excluding hydrogens is 274 g/mol. The van der Waals surface area contributed by atoms with E-state index in [2.05, 4.69) is 15.3 Å². The number of imidazole rings is 1. The number of aromatic nitrogens is 5. The van der Waals surface area contributed by atoms with E-state index < -0.39 is 6.10 Å². The Hall–Kier alpha value is -1.73. The van der Waals surface area contributed by atoms with Crippen molar-refractivity contribution in [2.24, 2.45) is 0 Å². The van der Waals surface area contributed by atoms with E-state index >= 15 is 0 Å². The monoisotopic (exact) mass is 289 g/mol. The number of aliphatic hydroxyl groups excluding tert-OH is 1. The van der Waals surface area contributed by atoms with Gasteiger partial charge in [-0.15, -0.1) is 16.4 Å². The maximum absolute atomic E-state index is 10.7. The van der Waals surface area contributed by atoms with E-state index in [-0.39, 0.29) is 0 Å². The lowest BCUT2D eigenvalue weighted by atomic mass is 10.1. The first-order chi connectivity index (χ1) is 9.78. The largest absolute Gasteiger partial charge is 0.380 e. The lowest BCUT2D eigenvalue weighted by molar-refractivity contribution is 0.208. The molecule has 1 aliphatic carbocycles. The molecule has 104 valence electrons. The SMILES string of the molecule is CCn1cc(C(O)c2c(C3CC3)sc3cncn23)nn1. The van der Waals surface area contributed by atoms with Crippen LogP contribution in [0.15, 0.2) is 18.7 Å². The summed E-state index contributed by atoms with van der Waals surface area (Å²) in [6, 6.07) is 0. The molecule has 6 nitrogen and oxygen atoms in total. The van der Waals surface area contributed by atoms with E-state index in [1.54, 1.807) is 22.3 Å². The van der Waals surface area contributed by atoms with Crippen LogP contribution in [0.5, 0.6) is 0 Å². The van der Waals surface area contributed by atoms with E-state index in [9.17, 15) is 5.11 Å². The third kappa shape index (κ3) is 1.77. The molecule has 3 heterocycles. The van der Waals surface area contributed by atoms with E-state index in [4.69, 9.17) is 0 Å². The van der Waals surface area contributed by atoms with Crippen molar-refractivity contribution in [1.29, 1.82) is 0 Å². The minimum Gasteiger partial charge on any atom is -0.380 e. The van der Waals surface area contributed by atoms with Gasteiger partial charge in [0.15, 0.2) is 0 Å². The fourth-order valence-electron chi connectivity index (χ4n) is 2.46. The van der Waals surface area contributed by atoms with Crippen LogP contribution < -0.4 is 0 Å². The highest BCUT2D eigenvalue weighted by Crippen LogP contribution is 2.47. The zero-order valence-corrected chi connectivity index (χ0v) is 11.9.